The summed E-state index contributed by atoms with van der Waals surface area (Å²) >= 11 is 1.83. The summed E-state index contributed by atoms with van der Waals surface area (Å²) in [5.74, 6) is 2.03. The Hall–Kier alpha value is -1.49. The molecule has 1 aliphatic heterocycles. The van der Waals surface area contributed by atoms with E-state index in [0.29, 0.717) is 0 Å². The van der Waals surface area contributed by atoms with E-state index in [2.05, 4.69) is 10.3 Å². The van der Waals surface area contributed by atoms with E-state index < -0.39 is 5.97 Å². The maximum Gasteiger partial charge on any atom is 0.307 e. The first-order valence-corrected chi connectivity index (χ1v) is 6.59. The van der Waals surface area contributed by atoms with E-state index >= 15 is 0 Å². The molecule has 0 amide bonds. The molecule has 0 aromatic heterocycles. The second kappa shape index (κ2) is 5.72. The van der Waals surface area contributed by atoms with Gasteiger partial charge in [-0.2, -0.15) is 11.8 Å². The van der Waals surface area contributed by atoms with Gasteiger partial charge in [0.2, 0.25) is 0 Å². The molecule has 1 aliphatic rings. The van der Waals surface area contributed by atoms with E-state index in [0.717, 1.165) is 35.1 Å². The van der Waals surface area contributed by atoms with Gasteiger partial charge in [0.1, 0.15) is 5.84 Å². The first-order chi connectivity index (χ1) is 8.25. The molecule has 0 spiro atoms. The van der Waals surface area contributed by atoms with Gasteiger partial charge in [0.25, 0.3) is 0 Å². The summed E-state index contributed by atoms with van der Waals surface area (Å²) in [7, 11) is 0. The molecular weight excluding hydrogens is 236 g/mol. The van der Waals surface area contributed by atoms with E-state index in [1.54, 1.807) is 0 Å². The Balaban J connectivity index is 2.14. The zero-order valence-corrected chi connectivity index (χ0v) is 10.2. The van der Waals surface area contributed by atoms with E-state index in [1.165, 1.54) is 0 Å². The Morgan fingerprint density at radius 1 is 1.47 bits per heavy atom. The molecule has 5 heteroatoms. The minimum Gasteiger partial charge on any atom is -0.481 e. The van der Waals surface area contributed by atoms with Gasteiger partial charge < -0.3 is 10.4 Å². The fourth-order valence-corrected chi connectivity index (χ4v) is 2.37. The maximum atomic E-state index is 10.8. The number of amidine groups is 1. The number of nitrogens with one attached hydrogen (secondary N) is 1. The highest BCUT2D eigenvalue weighted by Gasteiger charge is 2.10. The average Bonchev–Trinajstić information content (AvgIpc) is 2.32. The van der Waals surface area contributed by atoms with Crippen LogP contribution in [0.15, 0.2) is 29.3 Å². The molecule has 2 N–H and O–H groups in total. The Bertz CT molecular complexity index is 446. The average molecular weight is 250 g/mol. The van der Waals surface area contributed by atoms with Crippen LogP contribution < -0.4 is 5.32 Å². The molecule has 17 heavy (non-hydrogen) atoms. The van der Waals surface area contributed by atoms with E-state index in [9.17, 15) is 4.79 Å². The number of aliphatic imine (C=N–C) groups is 1. The first kappa shape index (κ1) is 12.0. The van der Waals surface area contributed by atoms with E-state index in [1.807, 2.05) is 36.0 Å². The van der Waals surface area contributed by atoms with Gasteiger partial charge in [0, 0.05) is 11.4 Å². The summed E-state index contributed by atoms with van der Waals surface area (Å²) in [6, 6.07) is 7.46. The predicted molar refractivity (Wildman–Crippen MR) is 71.0 cm³/mol. The second-order valence-electron chi connectivity index (χ2n) is 3.73. The molecule has 2 rings (SSSR count). The summed E-state index contributed by atoms with van der Waals surface area (Å²) in [5.41, 5.74) is 1.63. The summed E-state index contributed by atoms with van der Waals surface area (Å²) in [4.78, 5) is 15.1. The van der Waals surface area contributed by atoms with Crippen molar-refractivity contribution in [3.63, 3.8) is 0 Å². The number of hydrogen-bond donors (Lipinski definition) is 2. The van der Waals surface area contributed by atoms with Crippen LogP contribution in [0.4, 0.5) is 5.69 Å². The van der Waals surface area contributed by atoms with Crippen molar-refractivity contribution in [3.8, 4) is 0 Å². The molecule has 0 fully saturated rings. The van der Waals surface area contributed by atoms with Crippen molar-refractivity contribution in [2.75, 3.05) is 23.4 Å². The highest BCUT2D eigenvalue weighted by molar-refractivity contribution is 8.00. The lowest BCUT2D eigenvalue weighted by Gasteiger charge is -2.15. The number of aliphatic carboxylic acids is 1. The van der Waals surface area contributed by atoms with Gasteiger partial charge in [-0.05, 0) is 11.6 Å². The summed E-state index contributed by atoms with van der Waals surface area (Å²) in [6.45, 7) is 0.827. The largest absolute Gasteiger partial charge is 0.481 e. The van der Waals surface area contributed by atoms with Gasteiger partial charge >= 0.3 is 5.97 Å². The number of para-hydroxylation sites is 1. The summed E-state index contributed by atoms with van der Waals surface area (Å²) in [5, 5.41) is 12.1. The number of nitrogens with zero attached hydrogens (tertiary/aromatic N) is 1. The standard InChI is InChI=1S/C12H14N2O2S/c15-12(16)7-9-3-1-2-4-10(9)14-11-8-17-6-5-13-11/h1-4H,5-8H2,(H,13,14)(H,15,16). The number of thioether (sulfide) groups is 1. The Kier molecular flexibility index (Phi) is 4.03. The molecular formula is C12H14N2O2S. The third kappa shape index (κ3) is 3.49. The molecule has 0 unspecified atom stereocenters. The van der Waals surface area contributed by atoms with Crippen LogP contribution in [-0.4, -0.2) is 35.0 Å². The first-order valence-electron chi connectivity index (χ1n) is 5.43. The van der Waals surface area contributed by atoms with Gasteiger partial charge in [-0.15, -0.1) is 0 Å². The number of anilines is 1. The molecule has 1 heterocycles. The molecule has 4 nitrogen and oxygen atoms in total. The second-order valence-corrected chi connectivity index (χ2v) is 4.84. The number of hydrogen-bond acceptors (Lipinski definition) is 4. The third-order valence-corrected chi connectivity index (χ3v) is 3.36. The fourth-order valence-electron chi connectivity index (χ4n) is 1.65. The van der Waals surface area contributed by atoms with Crippen LogP contribution in [0.3, 0.4) is 0 Å². The topological polar surface area (TPSA) is 61.7 Å². The number of carboxylic acid groups (broad SMARTS) is 1. The molecule has 1 aromatic rings. The lowest BCUT2D eigenvalue weighted by molar-refractivity contribution is -0.136. The van der Waals surface area contributed by atoms with Gasteiger partial charge in [0.15, 0.2) is 0 Å². The fraction of sp³-hybridized carbons (Fsp3) is 0.333. The zero-order chi connectivity index (χ0) is 12.1. The van der Waals surface area contributed by atoms with Crippen molar-refractivity contribution in [2.45, 2.75) is 6.42 Å². The molecule has 0 aliphatic carbocycles. The number of rotatable bonds is 3. The van der Waals surface area contributed by atoms with Crippen LogP contribution >= 0.6 is 11.8 Å². The van der Waals surface area contributed by atoms with Gasteiger partial charge in [-0.25, -0.2) is 0 Å². The molecule has 0 saturated carbocycles. The SMILES string of the molecule is O=C(O)Cc1ccccc1NC1=NCCSC1. The van der Waals surface area contributed by atoms with Gasteiger partial charge in [0.05, 0.1) is 18.7 Å². The third-order valence-electron chi connectivity index (χ3n) is 2.42. The van der Waals surface area contributed by atoms with Crippen LogP contribution in [-0.2, 0) is 11.2 Å². The van der Waals surface area contributed by atoms with E-state index in [-0.39, 0.29) is 6.42 Å². The quantitative estimate of drug-likeness (QED) is 0.859. The van der Waals surface area contributed by atoms with Crippen molar-refractivity contribution in [2.24, 2.45) is 4.99 Å². The van der Waals surface area contributed by atoms with Crippen LogP contribution in [0, 0.1) is 0 Å². The lowest BCUT2D eigenvalue weighted by Crippen LogP contribution is -2.20. The van der Waals surface area contributed by atoms with Crippen molar-refractivity contribution < 1.29 is 9.90 Å². The normalized spacial score (nSPS) is 15.2. The number of carboxylic acids is 1. The minimum atomic E-state index is -0.820. The van der Waals surface area contributed by atoms with Crippen LogP contribution in [0.2, 0.25) is 0 Å². The monoisotopic (exact) mass is 250 g/mol. The number of benzene rings is 1. The smallest absolute Gasteiger partial charge is 0.307 e. The molecule has 0 radical (unpaired) electrons. The molecule has 90 valence electrons. The van der Waals surface area contributed by atoms with Gasteiger partial charge in [-0.1, -0.05) is 18.2 Å². The van der Waals surface area contributed by atoms with Crippen LogP contribution in [0.25, 0.3) is 0 Å². The Morgan fingerprint density at radius 3 is 3.00 bits per heavy atom. The highest BCUT2D eigenvalue weighted by atomic mass is 32.2. The van der Waals surface area contributed by atoms with Crippen molar-refractivity contribution in [3.05, 3.63) is 29.8 Å². The minimum absolute atomic E-state index is 0.0313. The Labute approximate surface area is 104 Å². The van der Waals surface area contributed by atoms with Crippen molar-refractivity contribution in [1.82, 2.24) is 0 Å². The van der Waals surface area contributed by atoms with E-state index in [4.69, 9.17) is 5.11 Å². The summed E-state index contributed by atoms with van der Waals surface area (Å²) < 4.78 is 0. The molecule has 0 saturated heterocycles. The van der Waals surface area contributed by atoms with Crippen LogP contribution in [0.1, 0.15) is 5.56 Å². The molecule has 1 aromatic carbocycles. The lowest BCUT2D eigenvalue weighted by atomic mass is 10.1. The van der Waals surface area contributed by atoms with Crippen LogP contribution in [0.5, 0.6) is 0 Å². The van der Waals surface area contributed by atoms with Gasteiger partial charge in [-0.3, -0.25) is 9.79 Å². The highest BCUT2D eigenvalue weighted by Crippen LogP contribution is 2.17. The summed E-state index contributed by atoms with van der Waals surface area (Å²) in [6.07, 6.45) is 0.0313. The van der Waals surface area contributed by atoms with Crippen molar-refractivity contribution in [1.29, 1.82) is 0 Å². The predicted octanol–water partition coefficient (Wildman–Crippen LogP) is 1.87. The number of carbonyl (C=O) groups is 1. The maximum absolute atomic E-state index is 10.8. The Morgan fingerprint density at radius 2 is 2.29 bits per heavy atom. The van der Waals surface area contributed by atoms with Crippen molar-refractivity contribution >= 4 is 29.3 Å². The molecule has 0 bridgehead atoms. The zero-order valence-electron chi connectivity index (χ0n) is 9.35. The molecule has 0 atom stereocenters.